The first-order chi connectivity index (χ1) is 10.1. The lowest BCUT2D eigenvalue weighted by atomic mass is 10.1. The van der Waals surface area contributed by atoms with Crippen LogP contribution in [-0.2, 0) is 0 Å². The summed E-state index contributed by atoms with van der Waals surface area (Å²) in [5.74, 6) is 1.19. The second-order valence-electron chi connectivity index (χ2n) is 5.34. The van der Waals surface area contributed by atoms with E-state index < -0.39 is 0 Å². The van der Waals surface area contributed by atoms with Crippen LogP contribution in [-0.4, -0.2) is 24.1 Å². The molecular formula is C17H18N4. The third-order valence-electron chi connectivity index (χ3n) is 3.60. The number of aryl methyl sites for hydroxylation is 1. The summed E-state index contributed by atoms with van der Waals surface area (Å²) in [5.41, 5.74) is 10.2. The molecule has 0 atom stereocenters. The summed E-state index contributed by atoms with van der Waals surface area (Å²) in [6, 6.07) is 14.1. The quantitative estimate of drug-likeness (QED) is 0.781. The van der Waals surface area contributed by atoms with Crippen LogP contribution in [0.25, 0.3) is 22.3 Å². The molecule has 2 N–H and O–H groups in total. The fourth-order valence-corrected chi connectivity index (χ4v) is 2.36. The summed E-state index contributed by atoms with van der Waals surface area (Å²) in [5, 5.41) is 0.906. The minimum absolute atomic E-state index is 0.524. The second-order valence-corrected chi connectivity index (χ2v) is 5.34. The summed E-state index contributed by atoms with van der Waals surface area (Å²) < 4.78 is 0. The van der Waals surface area contributed by atoms with Gasteiger partial charge < -0.3 is 10.6 Å². The average molecular weight is 278 g/mol. The van der Waals surface area contributed by atoms with Crippen LogP contribution in [0.4, 0.5) is 11.5 Å². The number of anilines is 2. The minimum Gasteiger partial charge on any atom is -0.383 e. The average Bonchev–Trinajstić information content (AvgIpc) is 2.48. The van der Waals surface area contributed by atoms with Crippen LogP contribution >= 0.6 is 0 Å². The van der Waals surface area contributed by atoms with Gasteiger partial charge in [0.05, 0.1) is 5.52 Å². The van der Waals surface area contributed by atoms with E-state index in [1.165, 1.54) is 0 Å². The van der Waals surface area contributed by atoms with Gasteiger partial charge >= 0.3 is 0 Å². The van der Waals surface area contributed by atoms with Crippen LogP contribution in [0.5, 0.6) is 0 Å². The van der Waals surface area contributed by atoms with Crippen molar-refractivity contribution in [2.45, 2.75) is 6.92 Å². The van der Waals surface area contributed by atoms with Crippen LogP contribution < -0.4 is 10.6 Å². The molecule has 2 aromatic carbocycles. The Bertz CT molecular complexity index is 792. The molecule has 0 spiro atoms. The van der Waals surface area contributed by atoms with Crippen LogP contribution in [0.3, 0.4) is 0 Å². The van der Waals surface area contributed by atoms with Crippen molar-refractivity contribution in [1.82, 2.24) is 9.97 Å². The Kier molecular flexibility index (Phi) is 3.22. The molecule has 0 aliphatic heterocycles. The zero-order chi connectivity index (χ0) is 15.0. The summed E-state index contributed by atoms with van der Waals surface area (Å²) in [4.78, 5) is 11.2. The lowest BCUT2D eigenvalue weighted by molar-refractivity contribution is 1.13. The molecule has 1 aromatic heterocycles. The Labute approximate surface area is 124 Å². The van der Waals surface area contributed by atoms with Gasteiger partial charge in [-0.25, -0.2) is 9.97 Å². The zero-order valence-electron chi connectivity index (χ0n) is 12.5. The monoisotopic (exact) mass is 278 g/mol. The molecule has 0 aliphatic carbocycles. The van der Waals surface area contributed by atoms with Gasteiger partial charge in [-0.05, 0) is 42.8 Å². The largest absolute Gasteiger partial charge is 0.383 e. The van der Waals surface area contributed by atoms with E-state index in [4.69, 9.17) is 5.73 Å². The van der Waals surface area contributed by atoms with E-state index in [2.05, 4.69) is 27.0 Å². The van der Waals surface area contributed by atoms with Gasteiger partial charge in [0.15, 0.2) is 5.82 Å². The first-order valence-electron chi connectivity index (χ1n) is 6.87. The molecule has 0 saturated carbocycles. The predicted molar refractivity (Wildman–Crippen MR) is 88.5 cm³/mol. The molecule has 4 nitrogen and oxygen atoms in total. The van der Waals surface area contributed by atoms with Gasteiger partial charge in [-0.3, -0.25) is 0 Å². The van der Waals surface area contributed by atoms with Crippen molar-refractivity contribution in [1.29, 1.82) is 0 Å². The van der Waals surface area contributed by atoms with E-state index in [1.807, 2.05) is 51.4 Å². The fraction of sp³-hybridized carbons (Fsp3) is 0.176. The maximum atomic E-state index is 6.08. The van der Waals surface area contributed by atoms with E-state index in [-0.39, 0.29) is 0 Å². The maximum absolute atomic E-state index is 6.08. The second kappa shape index (κ2) is 5.05. The number of benzene rings is 2. The zero-order valence-corrected chi connectivity index (χ0v) is 12.5. The number of hydrogen-bond donors (Lipinski definition) is 1. The molecule has 3 aromatic rings. The summed E-state index contributed by atoms with van der Waals surface area (Å²) in [6.45, 7) is 2.04. The van der Waals surface area contributed by atoms with Crippen molar-refractivity contribution in [3.05, 3.63) is 48.0 Å². The molecule has 1 heterocycles. The normalized spacial score (nSPS) is 10.8. The lowest BCUT2D eigenvalue weighted by Crippen LogP contribution is -2.08. The van der Waals surface area contributed by atoms with Gasteiger partial charge in [-0.1, -0.05) is 12.1 Å². The number of rotatable bonds is 2. The summed E-state index contributed by atoms with van der Waals surface area (Å²) in [6.07, 6.45) is 0. The van der Waals surface area contributed by atoms with E-state index in [1.54, 1.807) is 0 Å². The molecule has 0 radical (unpaired) electrons. The van der Waals surface area contributed by atoms with Crippen LogP contribution in [0.1, 0.15) is 5.56 Å². The number of para-hydroxylation sites is 1. The van der Waals surface area contributed by atoms with Gasteiger partial charge in [0.2, 0.25) is 0 Å². The fourth-order valence-electron chi connectivity index (χ4n) is 2.36. The third kappa shape index (κ3) is 2.40. The van der Waals surface area contributed by atoms with Gasteiger partial charge in [0.25, 0.3) is 0 Å². The summed E-state index contributed by atoms with van der Waals surface area (Å²) >= 11 is 0. The molecule has 4 heteroatoms. The van der Waals surface area contributed by atoms with E-state index in [0.29, 0.717) is 11.6 Å². The molecule has 0 unspecified atom stereocenters. The molecule has 0 aliphatic rings. The topological polar surface area (TPSA) is 55.0 Å². The van der Waals surface area contributed by atoms with E-state index in [9.17, 15) is 0 Å². The van der Waals surface area contributed by atoms with Crippen molar-refractivity contribution >= 4 is 22.4 Å². The molecule has 21 heavy (non-hydrogen) atoms. The van der Waals surface area contributed by atoms with Crippen molar-refractivity contribution in [3.63, 3.8) is 0 Å². The number of nitrogens with zero attached hydrogens (tertiary/aromatic N) is 3. The SMILES string of the molecule is Cc1cccc2c(N)nc(-c3ccc(N(C)C)cc3)nc12. The highest BCUT2D eigenvalue weighted by molar-refractivity contribution is 5.91. The molecule has 0 amide bonds. The summed E-state index contributed by atoms with van der Waals surface area (Å²) in [7, 11) is 4.03. The van der Waals surface area contributed by atoms with Gasteiger partial charge in [0, 0.05) is 30.7 Å². The number of nitrogens with two attached hydrogens (primary N) is 1. The Morgan fingerprint density at radius 2 is 1.67 bits per heavy atom. The lowest BCUT2D eigenvalue weighted by Gasteiger charge is -2.13. The van der Waals surface area contributed by atoms with Crippen molar-refractivity contribution in [2.75, 3.05) is 24.7 Å². The smallest absolute Gasteiger partial charge is 0.162 e. The predicted octanol–water partition coefficient (Wildman–Crippen LogP) is 3.25. The first kappa shape index (κ1) is 13.4. The maximum Gasteiger partial charge on any atom is 0.162 e. The van der Waals surface area contributed by atoms with E-state index >= 15 is 0 Å². The minimum atomic E-state index is 0.524. The Balaban J connectivity index is 2.14. The van der Waals surface area contributed by atoms with Crippen LogP contribution in [0.15, 0.2) is 42.5 Å². The van der Waals surface area contributed by atoms with Crippen LogP contribution in [0, 0.1) is 6.92 Å². The highest BCUT2D eigenvalue weighted by Gasteiger charge is 2.09. The van der Waals surface area contributed by atoms with Gasteiger partial charge in [-0.15, -0.1) is 0 Å². The molecule has 3 rings (SSSR count). The number of fused-ring (bicyclic) bond motifs is 1. The molecular weight excluding hydrogens is 260 g/mol. The number of hydrogen-bond acceptors (Lipinski definition) is 4. The van der Waals surface area contributed by atoms with Gasteiger partial charge in [-0.2, -0.15) is 0 Å². The van der Waals surface area contributed by atoms with Crippen LogP contribution in [0.2, 0.25) is 0 Å². The highest BCUT2D eigenvalue weighted by atomic mass is 15.1. The standard InChI is InChI=1S/C17H18N4/c1-11-5-4-6-14-15(11)19-17(20-16(14)18)12-7-9-13(10-8-12)21(2)3/h4-10H,1-3H3,(H2,18,19,20). The van der Waals surface area contributed by atoms with Crippen molar-refractivity contribution in [2.24, 2.45) is 0 Å². The highest BCUT2D eigenvalue weighted by Crippen LogP contribution is 2.26. The Hall–Kier alpha value is -2.62. The molecule has 106 valence electrons. The molecule has 0 fully saturated rings. The number of nitrogen functional groups attached to an aromatic ring is 1. The Morgan fingerprint density at radius 1 is 0.952 bits per heavy atom. The first-order valence-corrected chi connectivity index (χ1v) is 6.87. The Morgan fingerprint density at radius 3 is 2.33 bits per heavy atom. The van der Waals surface area contributed by atoms with Crippen molar-refractivity contribution in [3.8, 4) is 11.4 Å². The third-order valence-corrected chi connectivity index (χ3v) is 3.60. The van der Waals surface area contributed by atoms with Gasteiger partial charge in [0.1, 0.15) is 5.82 Å². The van der Waals surface area contributed by atoms with E-state index in [0.717, 1.165) is 27.7 Å². The molecule has 0 saturated heterocycles. The number of aromatic nitrogens is 2. The molecule has 0 bridgehead atoms. The van der Waals surface area contributed by atoms with Crippen molar-refractivity contribution < 1.29 is 0 Å².